The zero-order valence-electron chi connectivity index (χ0n) is 19.2. The molecule has 0 unspecified atom stereocenters. The van der Waals surface area contributed by atoms with Gasteiger partial charge in [0.15, 0.2) is 0 Å². The van der Waals surface area contributed by atoms with Crippen molar-refractivity contribution in [2.45, 2.75) is 69.5 Å². The minimum atomic E-state index is -1.25. The first kappa shape index (κ1) is 25.4. The number of pyridine rings is 2. The molecule has 0 saturated carbocycles. The van der Waals surface area contributed by atoms with Crippen molar-refractivity contribution < 1.29 is 19.0 Å². The molecule has 1 aliphatic heterocycles. The third-order valence-corrected chi connectivity index (χ3v) is 6.68. The molecule has 1 N–H and O–H groups in total. The molecule has 0 amide bonds. The van der Waals surface area contributed by atoms with Crippen LogP contribution in [0.4, 0.5) is 4.39 Å². The molecule has 0 aromatic carbocycles. The number of hydrogen-bond acceptors (Lipinski definition) is 5. The van der Waals surface area contributed by atoms with Crippen molar-refractivity contribution in [3.63, 3.8) is 0 Å². The van der Waals surface area contributed by atoms with E-state index in [1.165, 1.54) is 31.2 Å². The second-order valence-corrected chi connectivity index (χ2v) is 9.13. The highest BCUT2D eigenvalue weighted by atomic mass is 32.1. The SMILES string of the molecule is COc1ccc([C@H](CC(=O)O)N2CC(F)(CCCCc3ccc4c(n3)CCCC4)C2)cn1.S. The van der Waals surface area contributed by atoms with Crippen LogP contribution in [0.15, 0.2) is 30.5 Å². The first-order chi connectivity index (χ1) is 15.5. The summed E-state index contributed by atoms with van der Waals surface area (Å²) in [4.78, 5) is 22.3. The highest BCUT2D eigenvalue weighted by Crippen LogP contribution is 2.38. The number of rotatable bonds is 10. The van der Waals surface area contributed by atoms with Gasteiger partial charge in [0.1, 0.15) is 5.67 Å². The van der Waals surface area contributed by atoms with E-state index in [2.05, 4.69) is 17.1 Å². The Morgan fingerprint density at radius 3 is 2.70 bits per heavy atom. The molecule has 180 valence electrons. The summed E-state index contributed by atoms with van der Waals surface area (Å²) < 4.78 is 20.3. The number of likely N-dealkylation sites (tertiary alicyclic amines) is 1. The van der Waals surface area contributed by atoms with Gasteiger partial charge in [-0.25, -0.2) is 9.37 Å². The van der Waals surface area contributed by atoms with Crippen LogP contribution in [0.1, 0.15) is 67.1 Å². The first-order valence-electron chi connectivity index (χ1n) is 11.6. The summed E-state index contributed by atoms with van der Waals surface area (Å²) in [6, 6.07) is 7.48. The molecule has 4 rings (SSSR count). The lowest BCUT2D eigenvalue weighted by Gasteiger charge is -2.48. The molecule has 1 atom stereocenters. The molecule has 2 aromatic rings. The van der Waals surface area contributed by atoms with Crippen molar-refractivity contribution in [1.82, 2.24) is 14.9 Å². The van der Waals surface area contributed by atoms with Gasteiger partial charge in [-0.1, -0.05) is 12.1 Å². The quantitative estimate of drug-likeness (QED) is 0.513. The summed E-state index contributed by atoms with van der Waals surface area (Å²) in [5.74, 6) is -0.431. The van der Waals surface area contributed by atoms with E-state index in [0.717, 1.165) is 43.4 Å². The maximum Gasteiger partial charge on any atom is 0.305 e. The molecule has 33 heavy (non-hydrogen) atoms. The van der Waals surface area contributed by atoms with Crippen LogP contribution in [0, 0.1) is 0 Å². The normalized spacial score (nSPS) is 17.9. The number of fused-ring (bicyclic) bond motifs is 1. The number of methoxy groups -OCH3 is 1. The molecule has 0 bridgehead atoms. The molecular weight excluding hydrogens is 441 g/mol. The summed E-state index contributed by atoms with van der Waals surface area (Å²) >= 11 is 0. The molecule has 0 spiro atoms. The van der Waals surface area contributed by atoms with Crippen LogP contribution in [0.2, 0.25) is 0 Å². The van der Waals surface area contributed by atoms with Gasteiger partial charge in [-0.05, 0) is 68.6 Å². The van der Waals surface area contributed by atoms with Crippen LogP contribution in [-0.4, -0.2) is 51.8 Å². The molecule has 6 nitrogen and oxygen atoms in total. The van der Waals surface area contributed by atoms with Crippen LogP contribution in [0.3, 0.4) is 0 Å². The smallest absolute Gasteiger partial charge is 0.305 e. The second-order valence-electron chi connectivity index (χ2n) is 9.13. The molecule has 1 aliphatic carbocycles. The summed E-state index contributed by atoms with van der Waals surface area (Å²) in [6.45, 7) is 0.516. The lowest BCUT2D eigenvalue weighted by molar-refractivity contribution is -0.141. The van der Waals surface area contributed by atoms with Crippen LogP contribution in [-0.2, 0) is 24.1 Å². The van der Waals surface area contributed by atoms with E-state index in [9.17, 15) is 9.90 Å². The average Bonchev–Trinajstić information content (AvgIpc) is 2.78. The van der Waals surface area contributed by atoms with Gasteiger partial charge in [-0.3, -0.25) is 14.7 Å². The fourth-order valence-corrected chi connectivity index (χ4v) is 4.91. The Balaban J connectivity index is 0.00000306. The molecule has 2 aliphatic rings. The summed E-state index contributed by atoms with van der Waals surface area (Å²) in [6.07, 6.45) is 9.33. The highest BCUT2D eigenvalue weighted by molar-refractivity contribution is 7.59. The van der Waals surface area contributed by atoms with Gasteiger partial charge in [-0.15, -0.1) is 0 Å². The van der Waals surface area contributed by atoms with E-state index < -0.39 is 11.6 Å². The van der Waals surface area contributed by atoms with Gasteiger partial charge >= 0.3 is 5.97 Å². The molecule has 1 fully saturated rings. The molecular formula is C25H34FN3O3S. The van der Waals surface area contributed by atoms with Crippen molar-refractivity contribution in [3.8, 4) is 5.88 Å². The Bertz CT molecular complexity index is 935. The van der Waals surface area contributed by atoms with Gasteiger partial charge in [0.25, 0.3) is 0 Å². The molecule has 3 heterocycles. The number of aryl methyl sites for hydroxylation is 3. The number of halogens is 1. The first-order valence-corrected chi connectivity index (χ1v) is 11.6. The molecule has 0 radical (unpaired) electrons. The third kappa shape index (κ3) is 6.44. The van der Waals surface area contributed by atoms with E-state index in [1.807, 2.05) is 11.0 Å². The fourth-order valence-electron chi connectivity index (χ4n) is 4.91. The largest absolute Gasteiger partial charge is 0.481 e. The van der Waals surface area contributed by atoms with Crippen molar-refractivity contribution >= 4 is 19.5 Å². The fraction of sp³-hybridized carbons (Fsp3) is 0.560. The molecule has 1 saturated heterocycles. The zero-order chi connectivity index (χ0) is 22.6. The Morgan fingerprint density at radius 1 is 1.21 bits per heavy atom. The minimum absolute atomic E-state index is 0. The van der Waals surface area contributed by atoms with Crippen molar-refractivity contribution in [2.24, 2.45) is 0 Å². The standard InChI is InChI=1S/C25H32FN3O3.H2S/c1-32-23-12-10-19(15-27-23)22(14-24(30)31)29-16-25(26,17-29)13-5-4-7-20-11-9-18-6-2-3-8-21(18)28-20;/h9-12,15,22H,2-8,13-14,16-17H2,1H3,(H,30,31);1H2/t22-;/m0./s1. The Kier molecular flexibility index (Phi) is 8.70. The number of unbranched alkanes of at least 4 members (excludes halogenated alkanes) is 1. The number of nitrogens with zero attached hydrogens (tertiary/aromatic N) is 3. The van der Waals surface area contributed by atoms with Crippen molar-refractivity contribution in [3.05, 3.63) is 53.0 Å². The number of alkyl halides is 1. The van der Waals surface area contributed by atoms with Crippen LogP contribution >= 0.6 is 13.5 Å². The van der Waals surface area contributed by atoms with Crippen molar-refractivity contribution in [1.29, 1.82) is 0 Å². The topological polar surface area (TPSA) is 75.6 Å². The molecule has 8 heteroatoms. The van der Waals surface area contributed by atoms with Gasteiger partial charge in [0, 0.05) is 42.8 Å². The van der Waals surface area contributed by atoms with E-state index in [0.29, 0.717) is 12.3 Å². The Hall–Kier alpha value is -2.19. The van der Waals surface area contributed by atoms with Gasteiger partial charge in [0.05, 0.1) is 13.5 Å². The zero-order valence-corrected chi connectivity index (χ0v) is 20.2. The van der Waals surface area contributed by atoms with Crippen LogP contribution < -0.4 is 4.74 Å². The van der Waals surface area contributed by atoms with Crippen molar-refractivity contribution in [2.75, 3.05) is 20.2 Å². The van der Waals surface area contributed by atoms with Gasteiger partial charge in [0.2, 0.25) is 5.88 Å². The second kappa shape index (κ2) is 11.3. The predicted molar refractivity (Wildman–Crippen MR) is 130 cm³/mol. The molecule has 2 aromatic heterocycles. The van der Waals surface area contributed by atoms with Crippen LogP contribution in [0.25, 0.3) is 0 Å². The van der Waals surface area contributed by atoms with E-state index >= 15 is 4.39 Å². The van der Waals surface area contributed by atoms with Gasteiger partial charge in [-0.2, -0.15) is 13.5 Å². The number of ether oxygens (including phenoxy) is 1. The lowest BCUT2D eigenvalue weighted by atomic mass is 9.86. The predicted octanol–water partition coefficient (Wildman–Crippen LogP) is 4.43. The maximum atomic E-state index is 15.2. The average molecular weight is 476 g/mol. The summed E-state index contributed by atoms with van der Waals surface area (Å²) in [5.41, 5.74) is 3.28. The number of hydrogen-bond donors (Lipinski definition) is 1. The van der Waals surface area contributed by atoms with E-state index in [1.54, 1.807) is 12.3 Å². The summed E-state index contributed by atoms with van der Waals surface area (Å²) in [5, 5.41) is 9.33. The third-order valence-electron chi connectivity index (χ3n) is 6.68. The van der Waals surface area contributed by atoms with E-state index in [-0.39, 0.29) is 39.0 Å². The number of carboxylic acids is 1. The van der Waals surface area contributed by atoms with Crippen LogP contribution in [0.5, 0.6) is 5.88 Å². The number of aromatic nitrogens is 2. The number of aliphatic carboxylic acids is 1. The lowest BCUT2D eigenvalue weighted by Crippen LogP contribution is -2.60. The Morgan fingerprint density at radius 2 is 2.00 bits per heavy atom. The number of carbonyl (C=O) groups is 1. The van der Waals surface area contributed by atoms with E-state index in [4.69, 9.17) is 9.72 Å². The minimum Gasteiger partial charge on any atom is -0.481 e. The maximum absolute atomic E-state index is 15.2. The highest BCUT2D eigenvalue weighted by Gasteiger charge is 2.46. The summed E-state index contributed by atoms with van der Waals surface area (Å²) in [7, 11) is 1.53. The monoisotopic (exact) mass is 475 g/mol. The van der Waals surface area contributed by atoms with Gasteiger partial charge < -0.3 is 9.84 Å². The number of carboxylic acid groups (broad SMARTS) is 1. The Labute approximate surface area is 202 Å².